The fourth-order valence-electron chi connectivity index (χ4n) is 3.89. The molecular weight excluding hydrogens is 435 g/mol. The summed E-state index contributed by atoms with van der Waals surface area (Å²) in [5.41, 5.74) is 1.99. The first-order valence-corrected chi connectivity index (χ1v) is 10.6. The molecule has 3 heterocycles. The van der Waals surface area contributed by atoms with Crippen molar-refractivity contribution in [1.29, 1.82) is 0 Å². The van der Waals surface area contributed by atoms with Crippen molar-refractivity contribution in [2.45, 2.75) is 6.92 Å². The molecule has 2 aromatic carbocycles. The Bertz CT molecular complexity index is 1530. The van der Waals surface area contributed by atoms with Crippen molar-refractivity contribution in [1.82, 2.24) is 23.7 Å². The standard InChI is InChI=1S/C25H21FN6O2/c1-17-22(25(34)32(29(17)2)20-8-4-3-5-9-20)28-23(33)21-16-27-31(19-12-10-18(26)11-13-19)24(21)30-14-6-7-15-30/h3-16H,1-2H3,(H,28,33). The van der Waals surface area contributed by atoms with E-state index in [-0.39, 0.29) is 22.6 Å². The van der Waals surface area contributed by atoms with Crippen molar-refractivity contribution in [2.75, 3.05) is 5.32 Å². The first-order valence-electron chi connectivity index (χ1n) is 10.6. The molecule has 0 fully saturated rings. The number of para-hydroxylation sites is 1. The van der Waals surface area contributed by atoms with Gasteiger partial charge in [0.05, 0.1) is 23.3 Å². The fraction of sp³-hybridized carbons (Fsp3) is 0.0800. The maximum atomic E-state index is 13.5. The smallest absolute Gasteiger partial charge is 0.295 e. The van der Waals surface area contributed by atoms with E-state index in [0.29, 0.717) is 22.9 Å². The molecular formula is C25H21FN6O2. The van der Waals surface area contributed by atoms with Crippen LogP contribution in [0.1, 0.15) is 16.1 Å². The number of amides is 1. The highest BCUT2D eigenvalue weighted by atomic mass is 19.1. The van der Waals surface area contributed by atoms with Gasteiger partial charge in [-0.2, -0.15) is 5.10 Å². The topological polar surface area (TPSA) is 78.8 Å². The van der Waals surface area contributed by atoms with Crippen molar-refractivity contribution in [3.63, 3.8) is 0 Å². The number of halogens is 1. The number of hydrogen-bond donors (Lipinski definition) is 1. The van der Waals surface area contributed by atoms with Crippen molar-refractivity contribution in [3.8, 4) is 17.2 Å². The molecule has 0 atom stereocenters. The molecule has 5 rings (SSSR count). The largest absolute Gasteiger partial charge is 0.316 e. The van der Waals surface area contributed by atoms with Gasteiger partial charge in [-0.25, -0.2) is 13.8 Å². The molecule has 1 amide bonds. The second-order valence-electron chi connectivity index (χ2n) is 7.75. The Kier molecular flexibility index (Phi) is 5.21. The highest BCUT2D eigenvalue weighted by Gasteiger charge is 2.24. The first kappa shape index (κ1) is 21.2. The quantitative estimate of drug-likeness (QED) is 0.436. The minimum absolute atomic E-state index is 0.185. The molecule has 0 aliphatic heterocycles. The summed E-state index contributed by atoms with van der Waals surface area (Å²) in [4.78, 5) is 26.6. The zero-order chi connectivity index (χ0) is 23.8. The van der Waals surface area contributed by atoms with Gasteiger partial charge in [0, 0.05) is 19.4 Å². The third-order valence-electron chi connectivity index (χ3n) is 5.70. The molecule has 0 radical (unpaired) electrons. The number of benzene rings is 2. The molecule has 0 saturated heterocycles. The summed E-state index contributed by atoms with van der Waals surface area (Å²) < 4.78 is 19.9. The second kappa shape index (κ2) is 8.36. The van der Waals surface area contributed by atoms with Crippen molar-refractivity contribution in [2.24, 2.45) is 7.05 Å². The molecule has 34 heavy (non-hydrogen) atoms. The van der Waals surface area contributed by atoms with E-state index in [0.717, 1.165) is 0 Å². The summed E-state index contributed by atoms with van der Waals surface area (Å²) in [5, 5.41) is 7.16. The average Bonchev–Trinajstić information content (AvgIpc) is 3.56. The molecule has 9 heteroatoms. The number of carbonyl (C=O) groups is 1. The van der Waals surface area contributed by atoms with Crippen LogP contribution in [0.15, 0.2) is 90.1 Å². The summed E-state index contributed by atoms with van der Waals surface area (Å²) in [6, 6.07) is 18.7. The van der Waals surface area contributed by atoms with Crippen LogP contribution in [0, 0.1) is 12.7 Å². The van der Waals surface area contributed by atoms with Crippen molar-refractivity contribution >= 4 is 11.6 Å². The molecule has 8 nitrogen and oxygen atoms in total. The SMILES string of the molecule is Cc1c(NC(=O)c2cnn(-c3ccc(F)cc3)c2-n2cccc2)c(=O)n(-c2ccccc2)n1C. The fourth-order valence-corrected chi connectivity index (χ4v) is 3.89. The van der Waals surface area contributed by atoms with Gasteiger partial charge < -0.3 is 9.88 Å². The van der Waals surface area contributed by atoms with E-state index in [1.807, 2.05) is 42.5 Å². The van der Waals surface area contributed by atoms with Gasteiger partial charge in [-0.05, 0) is 55.5 Å². The van der Waals surface area contributed by atoms with Crippen LogP contribution in [0.3, 0.4) is 0 Å². The Morgan fingerprint density at radius 3 is 2.29 bits per heavy atom. The molecule has 0 spiro atoms. The molecule has 0 saturated carbocycles. The predicted octanol–water partition coefficient (Wildman–Crippen LogP) is 3.85. The van der Waals surface area contributed by atoms with Gasteiger partial charge in [-0.1, -0.05) is 18.2 Å². The van der Waals surface area contributed by atoms with E-state index < -0.39 is 5.91 Å². The van der Waals surface area contributed by atoms with Gasteiger partial charge in [-0.15, -0.1) is 0 Å². The molecule has 0 aliphatic rings. The average molecular weight is 456 g/mol. The van der Waals surface area contributed by atoms with Gasteiger partial charge in [0.15, 0.2) is 5.82 Å². The van der Waals surface area contributed by atoms with Crippen LogP contribution in [0.25, 0.3) is 17.2 Å². The number of carbonyl (C=O) groups excluding carboxylic acids is 1. The lowest BCUT2D eigenvalue weighted by Gasteiger charge is -2.11. The second-order valence-corrected chi connectivity index (χ2v) is 7.75. The summed E-state index contributed by atoms with van der Waals surface area (Å²) in [6.45, 7) is 1.77. The van der Waals surface area contributed by atoms with E-state index in [2.05, 4.69) is 10.4 Å². The van der Waals surface area contributed by atoms with Crippen molar-refractivity contribution < 1.29 is 9.18 Å². The normalized spacial score (nSPS) is 11.0. The van der Waals surface area contributed by atoms with Crippen LogP contribution >= 0.6 is 0 Å². The molecule has 0 bridgehead atoms. The van der Waals surface area contributed by atoms with Crippen LogP contribution in [0.2, 0.25) is 0 Å². The Balaban J connectivity index is 1.57. The maximum absolute atomic E-state index is 13.5. The number of nitrogens with one attached hydrogen (secondary N) is 1. The summed E-state index contributed by atoms with van der Waals surface area (Å²) in [7, 11) is 1.76. The summed E-state index contributed by atoms with van der Waals surface area (Å²) in [6.07, 6.45) is 5.00. The molecule has 170 valence electrons. The van der Waals surface area contributed by atoms with Gasteiger partial charge >= 0.3 is 0 Å². The van der Waals surface area contributed by atoms with Gasteiger partial charge in [-0.3, -0.25) is 14.3 Å². The number of rotatable bonds is 5. The van der Waals surface area contributed by atoms with E-state index in [9.17, 15) is 14.0 Å². The van der Waals surface area contributed by atoms with Gasteiger partial charge in [0.2, 0.25) is 0 Å². The minimum atomic E-state index is -0.483. The highest BCUT2D eigenvalue weighted by Crippen LogP contribution is 2.22. The Morgan fingerprint density at radius 2 is 1.62 bits per heavy atom. The van der Waals surface area contributed by atoms with E-state index in [1.54, 1.807) is 52.4 Å². The summed E-state index contributed by atoms with van der Waals surface area (Å²) >= 11 is 0. The van der Waals surface area contributed by atoms with Gasteiger partial charge in [0.25, 0.3) is 11.5 Å². The van der Waals surface area contributed by atoms with Crippen LogP contribution in [0.4, 0.5) is 10.1 Å². The number of aromatic nitrogens is 5. The number of anilines is 1. The zero-order valence-corrected chi connectivity index (χ0v) is 18.5. The van der Waals surface area contributed by atoms with Crippen molar-refractivity contribution in [3.05, 3.63) is 113 Å². The van der Waals surface area contributed by atoms with E-state index in [1.165, 1.54) is 23.0 Å². The third kappa shape index (κ3) is 3.53. The van der Waals surface area contributed by atoms with Crippen LogP contribution in [0.5, 0.6) is 0 Å². The lowest BCUT2D eigenvalue weighted by molar-refractivity contribution is 0.102. The first-order chi connectivity index (χ1) is 16.5. The number of nitrogens with zero attached hydrogens (tertiary/aromatic N) is 5. The Morgan fingerprint density at radius 1 is 0.941 bits per heavy atom. The predicted molar refractivity (Wildman–Crippen MR) is 127 cm³/mol. The highest BCUT2D eigenvalue weighted by molar-refractivity contribution is 6.06. The molecule has 3 aromatic heterocycles. The monoisotopic (exact) mass is 456 g/mol. The molecule has 5 aromatic rings. The lowest BCUT2D eigenvalue weighted by atomic mass is 10.2. The Hall–Kier alpha value is -4.66. The van der Waals surface area contributed by atoms with Crippen LogP contribution in [-0.4, -0.2) is 29.6 Å². The minimum Gasteiger partial charge on any atom is -0.316 e. The molecule has 0 unspecified atom stereocenters. The zero-order valence-electron chi connectivity index (χ0n) is 18.5. The van der Waals surface area contributed by atoms with Gasteiger partial charge in [0.1, 0.15) is 17.1 Å². The maximum Gasteiger partial charge on any atom is 0.295 e. The summed E-state index contributed by atoms with van der Waals surface area (Å²) in [5.74, 6) is -0.389. The van der Waals surface area contributed by atoms with E-state index in [4.69, 9.17) is 0 Å². The third-order valence-corrected chi connectivity index (χ3v) is 5.70. The van der Waals surface area contributed by atoms with Crippen LogP contribution < -0.4 is 10.9 Å². The number of hydrogen-bond acceptors (Lipinski definition) is 3. The Labute approximate surface area is 194 Å². The molecule has 1 N–H and O–H groups in total. The van der Waals surface area contributed by atoms with Crippen LogP contribution in [-0.2, 0) is 7.05 Å². The molecule has 0 aliphatic carbocycles. The lowest BCUT2D eigenvalue weighted by Crippen LogP contribution is -2.23. The van der Waals surface area contributed by atoms with E-state index >= 15 is 0 Å².